The molecular weight excluding hydrogens is 178 g/mol. The van der Waals surface area contributed by atoms with Crippen LogP contribution in [0.2, 0.25) is 0 Å². The number of aromatic amines is 1. The minimum Gasteiger partial charge on any atom is -0.345 e. The first-order chi connectivity index (χ1) is 5.74. The number of H-pyrrole nitrogens is 1. The van der Waals surface area contributed by atoms with Gasteiger partial charge < -0.3 is 5.32 Å². The number of aromatic nitrogens is 4. The van der Waals surface area contributed by atoms with E-state index in [1.165, 1.54) is 6.92 Å². The molecule has 12 heavy (non-hydrogen) atoms. The van der Waals surface area contributed by atoms with Gasteiger partial charge in [-0.15, -0.1) is 5.10 Å². The standard InChI is InChI=1S/C5H9N5OS/c1-3(11)6-4(2-12)5-7-9-10-8-5/h4,12H,2H2,1H3,(H,6,11)(H,7,8,9,10). The molecule has 7 heteroatoms. The molecule has 1 rings (SSSR count). The summed E-state index contributed by atoms with van der Waals surface area (Å²) in [5.74, 6) is 0.835. The molecule has 0 saturated carbocycles. The number of carbonyl (C=O) groups is 1. The Kier molecular flexibility index (Phi) is 3.03. The molecule has 1 aromatic rings. The summed E-state index contributed by atoms with van der Waals surface area (Å²) in [5, 5.41) is 15.6. The monoisotopic (exact) mass is 187 g/mol. The molecule has 0 aliphatic heterocycles. The molecule has 0 spiro atoms. The zero-order valence-electron chi connectivity index (χ0n) is 6.48. The average Bonchev–Trinajstić information content (AvgIpc) is 2.51. The fourth-order valence-corrected chi connectivity index (χ4v) is 1.02. The number of carbonyl (C=O) groups excluding carboxylic acids is 1. The Labute approximate surface area is 74.5 Å². The van der Waals surface area contributed by atoms with E-state index < -0.39 is 0 Å². The smallest absolute Gasteiger partial charge is 0.217 e. The van der Waals surface area contributed by atoms with E-state index in [0.29, 0.717) is 11.6 Å². The highest BCUT2D eigenvalue weighted by Gasteiger charge is 2.13. The average molecular weight is 187 g/mol. The molecular formula is C5H9N5OS. The van der Waals surface area contributed by atoms with Gasteiger partial charge in [-0.2, -0.15) is 12.6 Å². The number of tetrazole rings is 1. The lowest BCUT2D eigenvalue weighted by molar-refractivity contribution is -0.119. The van der Waals surface area contributed by atoms with Gasteiger partial charge in [0, 0.05) is 12.7 Å². The second-order valence-electron chi connectivity index (χ2n) is 2.22. The predicted octanol–water partition coefficient (Wildman–Crippen LogP) is -0.693. The zero-order valence-corrected chi connectivity index (χ0v) is 7.38. The van der Waals surface area contributed by atoms with Gasteiger partial charge in [0.2, 0.25) is 5.91 Å². The van der Waals surface area contributed by atoms with Crippen molar-refractivity contribution in [1.29, 1.82) is 0 Å². The van der Waals surface area contributed by atoms with E-state index in [-0.39, 0.29) is 11.9 Å². The number of nitrogens with zero attached hydrogens (tertiary/aromatic N) is 3. The van der Waals surface area contributed by atoms with E-state index in [1.807, 2.05) is 0 Å². The van der Waals surface area contributed by atoms with Crippen LogP contribution < -0.4 is 5.32 Å². The summed E-state index contributed by atoms with van der Waals surface area (Å²) in [7, 11) is 0. The topological polar surface area (TPSA) is 83.6 Å². The normalized spacial score (nSPS) is 12.5. The van der Waals surface area contributed by atoms with Gasteiger partial charge in [-0.3, -0.25) is 4.79 Å². The van der Waals surface area contributed by atoms with Crippen LogP contribution in [0.4, 0.5) is 0 Å². The lowest BCUT2D eigenvalue weighted by Gasteiger charge is -2.10. The molecule has 0 radical (unpaired) electrons. The van der Waals surface area contributed by atoms with E-state index >= 15 is 0 Å². The lowest BCUT2D eigenvalue weighted by atomic mass is 10.3. The van der Waals surface area contributed by atoms with Crippen LogP contribution in [-0.2, 0) is 4.79 Å². The van der Waals surface area contributed by atoms with Crippen LogP contribution in [0.1, 0.15) is 18.8 Å². The predicted molar refractivity (Wildman–Crippen MR) is 44.6 cm³/mol. The molecule has 0 aliphatic carbocycles. The molecule has 6 nitrogen and oxygen atoms in total. The van der Waals surface area contributed by atoms with Crippen LogP contribution in [0.15, 0.2) is 0 Å². The molecule has 1 atom stereocenters. The Bertz CT molecular complexity index is 248. The SMILES string of the molecule is CC(=O)NC(CS)c1nnn[nH]1. The van der Waals surface area contributed by atoms with Crippen molar-refractivity contribution >= 4 is 18.5 Å². The van der Waals surface area contributed by atoms with Gasteiger partial charge in [0.1, 0.15) is 0 Å². The van der Waals surface area contributed by atoms with Crippen molar-refractivity contribution in [1.82, 2.24) is 25.9 Å². The van der Waals surface area contributed by atoms with Crippen molar-refractivity contribution in [2.75, 3.05) is 5.75 Å². The highest BCUT2D eigenvalue weighted by molar-refractivity contribution is 7.80. The van der Waals surface area contributed by atoms with Gasteiger partial charge in [-0.25, -0.2) is 5.10 Å². The molecule has 1 heterocycles. The van der Waals surface area contributed by atoms with Gasteiger partial charge in [-0.1, -0.05) is 0 Å². The van der Waals surface area contributed by atoms with E-state index in [1.54, 1.807) is 0 Å². The first kappa shape index (κ1) is 8.98. The lowest BCUT2D eigenvalue weighted by Crippen LogP contribution is -2.28. The quantitative estimate of drug-likeness (QED) is 0.547. The number of nitrogens with one attached hydrogen (secondary N) is 2. The Hall–Kier alpha value is -1.11. The van der Waals surface area contributed by atoms with Crippen LogP contribution >= 0.6 is 12.6 Å². The van der Waals surface area contributed by atoms with E-state index in [0.717, 1.165) is 0 Å². The van der Waals surface area contributed by atoms with E-state index in [9.17, 15) is 4.79 Å². The number of amides is 1. The molecule has 2 N–H and O–H groups in total. The van der Waals surface area contributed by atoms with Crippen molar-refractivity contribution in [3.8, 4) is 0 Å². The van der Waals surface area contributed by atoms with Crippen molar-refractivity contribution < 1.29 is 4.79 Å². The fourth-order valence-electron chi connectivity index (χ4n) is 0.760. The minimum atomic E-state index is -0.249. The van der Waals surface area contributed by atoms with Crippen molar-refractivity contribution in [2.45, 2.75) is 13.0 Å². The summed E-state index contributed by atoms with van der Waals surface area (Å²) < 4.78 is 0. The molecule has 0 fully saturated rings. The summed E-state index contributed by atoms with van der Waals surface area (Å²) in [5.41, 5.74) is 0. The van der Waals surface area contributed by atoms with Gasteiger partial charge in [-0.05, 0) is 10.4 Å². The molecule has 1 amide bonds. The summed E-state index contributed by atoms with van der Waals surface area (Å²) in [6, 6.07) is -0.249. The van der Waals surface area contributed by atoms with Crippen LogP contribution in [-0.4, -0.2) is 32.3 Å². The molecule has 0 bridgehead atoms. The van der Waals surface area contributed by atoms with Gasteiger partial charge in [0.15, 0.2) is 5.82 Å². The summed E-state index contributed by atoms with van der Waals surface area (Å²) in [6.07, 6.45) is 0. The zero-order chi connectivity index (χ0) is 8.97. The number of hydrogen-bond donors (Lipinski definition) is 3. The van der Waals surface area contributed by atoms with E-state index in [2.05, 4.69) is 38.6 Å². The minimum absolute atomic E-state index is 0.134. The summed E-state index contributed by atoms with van der Waals surface area (Å²) in [6.45, 7) is 1.43. The summed E-state index contributed by atoms with van der Waals surface area (Å²) >= 11 is 4.05. The first-order valence-electron chi connectivity index (χ1n) is 3.35. The molecule has 0 aliphatic rings. The van der Waals surface area contributed by atoms with Crippen LogP contribution in [0, 0.1) is 0 Å². The van der Waals surface area contributed by atoms with Gasteiger partial charge in [0.05, 0.1) is 6.04 Å². The third-order valence-electron chi connectivity index (χ3n) is 1.25. The van der Waals surface area contributed by atoms with Crippen LogP contribution in [0.5, 0.6) is 0 Å². The molecule has 1 unspecified atom stereocenters. The maximum absolute atomic E-state index is 10.7. The van der Waals surface area contributed by atoms with Gasteiger partial charge >= 0.3 is 0 Å². The van der Waals surface area contributed by atoms with Crippen molar-refractivity contribution in [2.24, 2.45) is 0 Å². The Balaban J connectivity index is 2.63. The highest BCUT2D eigenvalue weighted by Crippen LogP contribution is 2.06. The number of rotatable bonds is 3. The summed E-state index contributed by atoms with van der Waals surface area (Å²) in [4.78, 5) is 10.7. The Morgan fingerprint density at radius 2 is 2.58 bits per heavy atom. The molecule has 1 aromatic heterocycles. The first-order valence-corrected chi connectivity index (χ1v) is 3.99. The molecule has 0 saturated heterocycles. The molecule has 0 aromatic carbocycles. The maximum atomic E-state index is 10.7. The van der Waals surface area contributed by atoms with Crippen molar-refractivity contribution in [3.05, 3.63) is 5.82 Å². The van der Waals surface area contributed by atoms with Crippen LogP contribution in [0.3, 0.4) is 0 Å². The Morgan fingerprint density at radius 1 is 1.83 bits per heavy atom. The third kappa shape index (κ3) is 2.19. The Morgan fingerprint density at radius 3 is 3.00 bits per heavy atom. The van der Waals surface area contributed by atoms with Crippen LogP contribution in [0.25, 0.3) is 0 Å². The number of thiol groups is 1. The van der Waals surface area contributed by atoms with Gasteiger partial charge in [0.25, 0.3) is 0 Å². The van der Waals surface area contributed by atoms with E-state index in [4.69, 9.17) is 0 Å². The third-order valence-corrected chi connectivity index (χ3v) is 1.62. The highest BCUT2D eigenvalue weighted by atomic mass is 32.1. The largest absolute Gasteiger partial charge is 0.345 e. The second-order valence-corrected chi connectivity index (χ2v) is 2.59. The second kappa shape index (κ2) is 4.05. The molecule has 66 valence electrons. The van der Waals surface area contributed by atoms with Crippen molar-refractivity contribution in [3.63, 3.8) is 0 Å². The maximum Gasteiger partial charge on any atom is 0.217 e. The number of hydrogen-bond acceptors (Lipinski definition) is 5. The fraction of sp³-hybridized carbons (Fsp3) is 0.600.